The van der Waals surface area contributed by atoms with Gasteiger partial charge in [0.05, 0.1) is 0 Å². The van der Waals surface area contributed by atoms with Crippen LogP contribution < -0.4 is 5.32 Å². The number of furan rings is 1. The first-order valence-corrected chi connectivity index (χ1v) is 7.03. The fourth-order valence-corrected chi connectivity index (χ4v) is 2.42. The van der Waals surface area contributed by atoms with E-state index in [-0.39, 0.29) is 17.5 Å². The first-order valence-electron chi connectivity index (χ1n) is 7.03. The van der Waals surface area contributed by atoms with Crippen molar-refractivity contribution in [2.75, 3.05) is 5.32 Å². The molecule has 2 aromatic carbocycles. The van der Waals surface area contributed by atoms with E-state index in [1.54, 1.807) is 6.92 Å². The van der Waals surface area contributed by atoms with Crippen LogP contribution in [0.5, 0.6) is 0 Å². The molecule has 3 nitrogen and oxygen atoms in total. The van der Waals surface area contributed by atoms with Crippen LogP contribution in [0.4, 0.5) is 10.1 Å². The second kappa shape index (κ2) is 5.30. The van der Waals surface area contributed by atoms with Crippen LogP contribution in [0.15, 0.2) is 40.8 Å². The largest absolute Gasteiger partial charge is 0.451 e. The number of halogens is 1. The van der Waals surface area contributed by atoms with Crippen molar-refractivity contribution < 1.29 is 13.6 Å². The smallest absolute Gasteiger partial charge is 0.291 e. The molecule has 0 aliphatic carbocycles. The lowest BCUT2D eigenvalue weighted by Crippen LogP contribution is -2.12. The Balaban J connectivity index is 1.95. The van der Waals surface area contributed by atoms with Crippen molar-refractivity contribution >= 4 is 22.6 Å². The van der Waals surface area contributed by atoms with E-state index in [2.05, 4.69) is 5.32 Å². The second-order valence-corrected chi connectivity index (χ2v) is 5.45. The van der Waals surface area contributed by atoms with Crippen molar-refractivity contribution in [2.45, 2.75) is 20.8 Å². The van der Waals surface area contributed by atoms with Crippen molar-refractivity contribution in [1.29, 1.82) is 0 Å². The van der Waals surface area contributed by atoms with Gasteiger partial charge < -0.3 is 9.73 Å². The fraction of sp³-hybridized carbons (Fsp3) is 0.167. The lowest BCUT2D eigenvalue weighted by atomic mass is 10.1. The minimum atomic E-state index is -0.350. The summed E-state index contributed by atoms with van der Waals surface area (Å²) in [4.78, 5) is 12.4. The Morgan fingerprint density at radius 2 is 1.82 bits per heavy atom. The van der Waals surface area contributed by atoms with Gasteiger partial charge in [0, 0.05) is 16.6 Å². The zero-order valence-corrected chi connectivity index (χ0v) is 12.7. The number of carbonyl (C=O) groups excluding carboxylic acids is 1. The molecule has 112 valence electrons. The quantitative estimate of drug-likeness (QED) is 0.741. The van der Waals surface area contributed by atoms with Gasteiger partial charge in [-0.2, -0.15) is 0 Å². The Morgan fingerprint density at radius 3 is 2.55 bits per heavy atom. The van der Waals surface area contributed by atoms with Crippen LogP contribution in [0.1, 0.15) is 27.2 Å². The minimum Gasteiger partial charge on any atom is -0.451 e. The minimum absolute atomic E-state index is 0.207. The molecule has 4 heteroatoms. The molecule has 0 aliphatic rings. The van der Waals surface area contributed by atoms with E-state index in [0.717, 1.165) is 11.1 Å². The van der Waals surface area contributed by atoms with Crippen LogP contribution in [-0.2, 0) is 0 Å². The Bertz CT molecular complexity index is 880. The van der Waals surface area contributed by atoms with Gasteiger partial charge in [0.1, 0.15) is 11.4 Å². The third-order valence-electron chi connectivity index (χ3n) is 3.87. The molecule has 1 N–H and O–H groups in total. The van der Waals surface area contributed by atoms with Gasteiger partial charge in [-0.3, -0.25) is 4.79 Å². The maximum Gasteiger partial charge on any atom is 0.291 e. The van der Waals surface area contributed by atoms with E-state index < -0.39 is 0 Å². The summed E-state index contributed by atoms with van der Waals surface area (Å²) in [6.45, 7) is 5.75. The van der Waals surface area contributed by atoms with Gasteiger partial charge in [0.2, 0.25) is 0 Å². The number of nitrogens with one attached hydrogen (secondary N) is 1. The molecule has 1 aromatic heterocycles. The molecular formula is C18H16FNO2. The summed E-state index contributed by atoms with van der Waals surface area (Å²) in [5.74, 6) is -0.478. The Hall–Kier alpha value is -2.62. The van der Waals surface area contributed by atoms with E-state index >= 15 is 0 Å². The SMILES string of the molecule is Cc1ccc(NC(=O)c2oc3ccc(F)cc3c2C)cc1C. The number of aryl methyl sites for hydroxylation is 3. The van der Waals surface area contributed by atoms with Gasteiger partial charge in [0.15, 0.2) is 5.76 Å². The Morgan fingerprint density at radius 1 is 1.05 bits per heavy atom. The highest BCUT2D eigenvalue weighted by molar-refractivity contribution is 6.06. The highest BCUT2D eigenvalue weighted by Gasteiger charge is 2.18. The Labute approximate surface area is 127 Å². The number of rotatable bonds is 2. The van der Waals surface area contributed by atoms with Crippen molar-refractivity contribution in [3.63, 3.8) is 0 Å². The number of hydrogen-bond donors (Lipinski definition) is 1. The molecule has 0 spiro atoms. The summed E-state index contributed by atoms with van der Waals surface area (Å²) in [5.41, 5.74) is 4.11. The molecule has 0 atom stereocenters. The molecule has 0 radical (unpaired) electrons. The number of benzene rings is 2. The molecule has 0 aliphatic heterocycles. The standard InChI is InChI=1S/C18H16FNO2/c1-10-4-6-14(8-11(10)2)20-18(21)17-12(3)15-9-13(19)5-7-16(15)22-17/h4-9H,1-3H3,(H,20,21). The topological polar surface area (TPSA) is 42.2 Å². The zero-order chi connectivity index (χ0) is 15.9. The predicted molar refractivity (Wildman–Crippen MR) is 84.8 cm³/mol. The third-order valence-corrected chi connectivity index (χ3v) is 3.87. The van der Waals surface area contributed by atoms with Crippen molar-refractivity contribution in [1.82, 2.24) is 0 Å². The van der Waals surface area contributed by atoms with E-state index in [1.165, 1.54) is 18.2 Å². The molecule has 1 heterocycles. The summed E-state index contributed by atoms with van der Waals surface area (Å²) in [7, 11) is 0. The molecule has 0 bridgehead atoms. The Kier molecular flexibility index (Phi) is 3.45. The summed E-state index contributed by atoms with van der Waals surface area (Å²) in [6, 6.07) is 9.93. The van der Waals surface area contributed by atoms with E-state index in [9.17, 15) is 9.18 Å². The number of hydrogen-bond acceptors (Lipinski definition) is 2. The van der Waals surface area contributed by atoms with Crippen LogP contribution in [-0.4, -0.2) is 5.91 Å². The molecule has 3 rings (SSSR count). The van der Waals surface area contributed by atoms with Crippen LogP contribution in [0.25, 0.3) is 11.0 Å². The maximum absolute atomic E-state index is 13.3. The molecule has 0 fully saturated rings. The van der Waals surface area contributed by atoms with Gasteiger partial charge in [-0.05, 0) is 62.2 Å². The summed E-state index contributed by atoms with van der Waals surface area (Å²) in [5, 5.41) is 3.43. The van der Waals surface area contributed by atoms with Gasteiger partial charge in [-0.25, -0.2) is 4.39 Å². The lowest BCUT2D eigenvalue weighted by molar-refractivity contribution is 0.0998. The van der Waals surface area contributed by atoms with Gasteiger partial charge >= 0.3 is 0 Å². The summed E-state index contributed by atoms with van der Waals surface area (Å²) < 4.78 is 18.9. The van der Waals surface area contributed by atoms with E-state index in [4.69, 9.17) is 4.42 Å². The third kappa shape index (κ3) is 2.48. The van der Waals surface area contributed by atoms with Crippen LogP contribution >= 0.6 is 0 Å². The van der Waals surface area contributed by atoms with E-state index in [0.29, 0.717) is 22.2 Å². The van der Waals surface area contributed by atoms with Crippen molar-refractivity contribution in [3.8, 4) is 0 Å². The van der Waals surface area contributed by atoms with Crippen molar-refractivity contribution in [3.05, 3.63) is 64.7 Å². The second-order valence-electron chi connectivity index (χ2n) is 5.45. The van der Waals surface area contributed by atoms with E-state index in [1.807, 2.05) is 32.0 Å². The fourth-order valence-electron chi connectivity index (χ4n) is 2.42. The monoisotopic (exact) mass is 297 g/mol. The summed E-state index contributed by atoms with van der Waals surface area (Å²) >= 11 is 0. The van der Waals surface area contributed by atoms with Gasteiger partial charge in [0.25, 0.3) is 5.91 Å². The average Bonchev–Trinajstić information content (AvgIpc) is 2.80. The van der Waals surface area contributed by atoms with Crippen molar-refractivity contribution in [2.24, 2.45) is 0 Å². The zero-order valence-electron chi connectivity index (χ0n) is 12.7. The number of anilines is 1. The number of amides is 1. The number of fused-ring (bicyclic) bond motifs is 1. The lowest BCUT2D eigenvalue weighted by Gasteiger charge is -2.06. The van der Waals surface area contributed by atoms with Crippen LogP contribution in [0.2, 0.25) is 0 Å². The molecule has 22 heavy (non-hydrogen) atoms. The molecular weight excluding hydrogens is 281 g/mol. The molecule has 0 saturated heterocycles. The average molecular weight is 297 g/mol. The molecule has 3 aromatic rings. The van der Waals surface area contributed by atoms with Crippen LogP contribution in [0, 0.1) is 26.6 Å². The molecule has 1 amide bonds. The van der Waals surface area contributed by atoms with Gasteiger partial charge in [-0.15, -0.1) is 0 Å². The molecule has 0 saturated carbocycles. The first-order chi connectivity index (χ1) is 10.5. The highest BCUT2D eigenvalue weighted by Crippen LogP contribution is 2.27. The number of carbonyl (C=O) groups is 1. The predicted octanol–water partition coefficient (Wildman–Crippen LogP) is 4.75. The van der Waals surface area contributed by atoms with Crippen LogP contribution in [0.3, 0.4) is 0 Å². The summed E-state index contributed by atoms with van der Waals surface area (Å²) in [6.07, 6.45) is 0. The maximum atomic E-state index is 13.3. The van der Waals surface area contributed by atoms with Gasteiger partial charge in [-0.1, -0.05) is 6.07 Å². The first kappa shape index (κ1) is 14.3. The highest BCUT2D eigenvalue weighted by atomic mass is 19.1. The molecule has 0 unspecified atom stereocenters. The normalized spacial score (nSPS) is 10.9.